The average molecular weight is 456 g/mol. The first-order chi connectivity index (χ1) is 11.6. The Bertz CT molecular complexity index is 643. The molecule has 0 aliphatic rings. The van der Waals surface area contributed by atoms with E-state index in [9.17, 15) is 4.79 Å². The Kier molecular flexibility index (Phi) is 7.59. The first-order valence-corrected chi connectivity index (χ1v) is 17.7. The van der Waals surface area contributed by atoms with Gasteiger partial charge in [-0.25, -0.2) is 0 Å². The van der Waals surface area contributed by atoms with Gasteiger partial charge in [0.15, 0.2) is 0 Å². The summed E-state index contributed by atoms with van der Waals surface area (Å²) in [5, 5.41) is 2.33. The molecular formula is C18H31N3OSSn. The predicted molar refractivity (Wildman–Crippen MR) is 106 cm³/mol. The van der Waals surface area contributed by atoms with Gasteiger partial charge in [-0.05, 0) is 0 Å². The molecule has 0 bridgehead atoms. The number of hydrogen-bond acceptors (Lipinski definition) is 3. The second kappa shape index (κ2) is 9.22. The fraction of sp³-hybridized carbons (Fsp3) is 0.667. The summed E-state index contributed by atoms with van der Waals surface area (Å²) in [4.78, 5) is 17.2. The van der Waals surface area contributed by atoms with Crippen LogP contribution in [0, 0.1) is 0 Å². The van der Waals surface area contributed by atoms with E-state index in [1.54, 1.807) is 11.3 Å². The average Bonchev–Trinajstić information content (AvgIpc) is 3.16. The van der Waals surface area contributed by atoms with Crippen molar-refractivity contribution < 1.29 is 4.79 Å². The molecule has 0 spiro atoms. The zero-order valence-electron chi connectivity index (χ0n) is 15.3. The van der Waals surface area contributed by atoms with Gasteiger partial charge in [0.05, 0.1) is 0 Å². The number of hydrogen-bond donors (Lipinski definition) is 1. The number of imidazole rings is 1. The van der Waals surface area contributed by atoms with Crippen LogP contribution in [0.4, 0.5) is 0 Å². The number of nitrogens with two attached hydrogens (primary N) is 1. The molecule has 0 aliphatic carbocycles. The number of aromatic nitrogens is 2. The van der Waals surface area contributed by atoms with Gasteiger partial charge >= 0.3 is 154 Å². The van der Waals surface area contributed by atoms with Crippen molar-refractivity contribution >= 4 is 44.2 Å². The van der Waals surface area contributed by atoms with Gasteiger partial charge < -0.3 is 0 Å². The van der Waals surface area contributed by atoms with Gasteiger partial charge in [-0.15, -0.1) is 0 Å². The van der Waals surface area contributed by atoms with Crippen LogP contribution in [0.15, 0.2) is 11.6 Å². The van der Waals surface area contributed by atoms with Crippen molar-refractivity contribution in [3.05, 3.63) is 17.4 Å². The van der Waals surface area contributed by atoms with Crippen LogP contribution in [0.2, 0.25) is 13.3 Å². The Balaban J connectivity index is 2.54. The van der Waals surface area contributed by atoms with Gasteiger partial charge in [0.1, 0.15) is 0 Å². The molecule has 2 N–H and O–H groups in total. The molecule has 24 heavy (non-hydrogen) atoms. The Morgan fingerprint density at radius 1 is 1.12 bits per heavy atom. The van der Waals surface area contributed by atoms with Crippen molar-refractivity contribution in [1.29, 1.82) is 0 Å². The van der Waals surface area contributed by atoms with Gasteiger partial charge in [-0.3, -0.25) is 0 Å². The molecule has 0 aromatic carbocycles. The third kappa shape index (κ3) is 4.15. The van der Waals surface area contributed by atoms with Crippen LogP contribution in [0.3, 0.4) is 0 Å². The molecule has 0 radical (unpaired) electrons. The molecule has 2 heterocycles. The quantitative estimate of drug-likeness (QED) is 0.505. The van der Waals surface area contributed by atoms with Gasteiger partial charge in [-0.1, -0.05) is 0 Å². The van der Waals surface area contributed by atoms with E-state index < -0.39 is 24.3 Å². The van der Waals surface area contributed by atoms with Crippen molar-refractivity contribution in [2.24, 2.45) is 5.73 Å². The molecule has 2 aromatic rings. The summed E-state index contributed by atoms with van der Waals surface area (Å²) in [5.74, 6) is 0.0307. The molecule has 2 aromatic heterocycles. The van der Waals surface area contributed by atoms with Crippen LogP contribution < -0.4 is 9.44 Å². The molecule has 0 fully saturated rings. The fourth-order valence-corrected chi connectivity index (χ4v) is 22.7. The maximum atomic E-state index is 11.9. The molecule has 0 saturated heterocycles. The van der Waals surface area contributed by atoms with Crippen LogP contribution in [-0.4, -0.2) is 33.7 Å². The zero-order valence-corrected chi connectivity index (χ0v) is 19.0. The van der Waals surface area contributed by atoms with Gasteiger partial charge in [-0.2, -0.15) is 0 Å². The number of amides is 1. The zero-order chi connectivity index (χ0) is 17.6. The van der Waals surface area contributed by atoms with E-state index in [0.29, 0.717) is 5.82 Å². The van der Waals surface area contributed by atoms with E-state index in [2.05, 4.69) is 35.5 Å². The summed E-state index contributed by atoms with van der Waals surface area (Å²) >= 11 is -0.855. The summed E-state index contributed by atoms with van der Waals surface area (Å²) in [5.41, 5.74) is 5.60. The van der Waals surface area contributed by atoms with E-state index in [1.807, 2.05) is 6.20 Å². The monoisotopic (exact) mass is 457 g/mol. The second-order valence-electron chi connectivity index (χ2n) is 6.83. The van der Waals surface area contributed by atoms with Gasteiger partial charge in [0.2, 0.25) is 0 Å². The molecule has 0 unspecified atom stereocenters. The Morgan fingerprint density at radius 2 is 1.67 bits per heavy atom. The molecule has 134 valence electrons. The van der Waals surface area contributed by atoms with Crippen LogP contribution in [0.1, 0.15) is 69.9 Å². The van der Waals surface area contributed by atoms with E-state index in [-0.39, 0.29) is 0 Å². The summed E-state index contributed by atoms with van der Waals surface area (Å²) in [6, 6.07) is 0. The normalized spacial score (nSPS) is 12.1. The van der Waals surface area contributed by atoms with Crippen molar-refractivity contribution in [2.45, 2.75) is 72.6 Å². The van der Waals surface area contributed by atoms with E-state index in [4.69, 9.17) is 5.73 Å². The molecular weight excluding hydrogens is 425 g/mol. The number of carbonyl (C=O) groups is 1. The van der Waals surface area contributed by atoms with Crippen molar-refractivity contribution in [3.8, 4) is 0 Å². The fourth-order valence-electron chi connectivity index (χ4n) is 3.66. The van der Waals surface area contributed by atoms with Crippen LogP contribution >= 0.6 is 11.3 Å². The van der Waals surface area contributed by atoms with E-state index >= 15 is 0 Å². The van der Waals surface area contributed by atoms with Crippen LogP contribution in [-0.2, 0) is 0 Å². The van der Waals surface area contributed by atoms with E-state index in [0.717, 1.165) is 4.83 Å². The number of primary amides is 1. The minimum absolute atomic E-state index is 0.406. The Labute approximate surface area is 153 Å². The summed E-state index contributed by atoms with van der Waals surface area (Å²) in [7, 11) is 0. The minimum atomic E-state index is -2.58. The molecule has 0 aliphatic heterocycles. The molecule has 1 amide bonds. The first kappa shape index (κ1) is 19.8. The topological polar surface area (TPSA) is 60.4 Å². The SMILES string of the molecule is CCC[CH2][Sn]([CH2]CCC)([CH2]CCC)[c]1csc2cnc(C(N)=O)n12. The van der Waals surface area contributed by atoms with E-state index in [1.165, 1.54) is 55.5 Å². The molecule has 2 rings (SSSR count). The van der Waals surface area contributed by atoms with Gasteiger partial charge in [0.25, 0.3) is 0 Å². The summed E-state index contributed by atoms with van der Waals surface area (Å²) in [6.07, 6.45) is 9.47. The number of rotatable bonds is 11. The van der Waals surface area contributed by atoms with Crippen molar-refractivity contribution in [2.75, 3.05) is 0 Å². The Morgan fingerprint density at radius 3 is 2.12 bits per heavy atom. The van der Waals surface area contributed by atoms with Crippen molar-refractivity contribution in [1.82, 2.24) is 9.38 Å². The maximum absolute atomic E-state index is 11.9. The number of thiazole rings is 1. The third-order valence-corrected chi connectivity index (χ3v) is 21.9. The van der Waals surface area contributed by atoms with Crippen LogP contribution in [0.5, 0.6) is 0 Å². The molecule has 0 saturated carbocycles. The summed E-state index contributed by atoms with van der Waals surface area (Å²) < 4.78 is 7.74. The number of carbonyl (C=O) groups excluding carboxylic acids is 1. The van der Waals surface area contributed by atoms with Crippen LogP contribution in [0.25, 0.3) is 4.83 Å². The standard InChI is InChI=1S/C6H4N3OS.3C4H9.Sn/c7-5(10)6-8-3-4-9(6)1-2-11-4;3*1-3-4-2;/h2-3H,(H2,7,10);3*1,3-4H2,2H3;. The number of nitrogens with zero attached hydrogens (tertiary/aromatic N) is 2. The summed E-state index contributed by atoms with van der Waals surface area (Å²) in [6.45, 7) is 6.85. The second-order valence-corrected chi connectivity index (χ2v) is 20.8. The molecule has 4 nitrogen and oxygen atoms in total. The number of fused-ring (bicyclic) bond motifs is 1. The molecule has 6 heteroatoms. The predicted octanol–water partition coefficient (Wildman–Crippen LogP) is 4.55. The first-order valence-electron chi connectivity index (χ1n) is 9.34. The molecule has 0 atom stereocenters. The Hall–Kier alpha value is -0.561. The van der Waals surface area contributed by atoms with Gasteiger partial charge in [0, 0.05) is 0 Å². The third-order valence-electron chi connectivity index (χ3n) is 5.05. The number of unbranched alkanes of at least 4 members (excludes halogenated alkanes) is 3. The van der Waals surface area contributed by atoms with Crippen molar-refractivity contribution in [3.63, 3.8) is 0 Å².